The van der Waals surface area contributed by atoms with Crippen LogP contribution in [0.2, 0.25) is 0 Å². The van der Waals surface area contributed by atoms with Crippen LogP contribution in [0.3, 0.4) is 0 Å². The summed E-state index contributed by atoms with van der Waals surface area (Å²) in [6.45, 7) is 10.2. The molecular formula is C20H30N2O8. The van der Waals surface area contributed by atoms with Crippen LogP contribution in [0, 0.1) is 10.8 Å². The van der Waals surface area contributed by atoms with E-state index < -0.39 is 48.5 Å². The first-order valence-corrected chi connectivity index (χ1v) is 9.24. The van der Waals surface area contributed by atoms with Gasteiger partial charge >= 0.3 is 11.9 Å². The molecule has 0 fully saturated rings. The van der Waals surface area contributed by atoms with Crippen molar-refractivity contribution in [3.63, 3.8) is 0 Å². The fourth-order valence-electron chi connectivity index (χ4n) is 1.52. The van der Waals surface area contributed by atoms with Gasteiger partial charge in [0.25, 0.3) is 23.4 Å². The SMILES string of the molecule is CC(C)(C)CNC(=O)C(=O)COC(=O)/C=C/C(=O)OCC(=O)C(=O)NCC(C)(C)C. The number of carbonyl (C=O) groups excluding carboxylic acids is 6. The number of hydrogen-bond donors (Lipinski definition) is 2. The lowest BCUT2D eigenvalue weighted by Gasteiger charge is -2.18. The maximum absolute atomic E-state index is 11.6. The lowest BCUT2D eigenvalue weighted by Crippen LogP contribution is -2.38. The number of carbonyl (C=O) groups is 6. The molecule has 0 aromatic carbocycles. The summed E-state index contributed by atoms with van der Waals surface area (Å²) in [5.41, 5.74) is -0.436. The van der Waals surface area contributed by atoms with Gasteiger partial charge in [0.15, 0.2) is 13.2 Å². The van der Waals surface area contributed by atoms with E-state index in [4.69, 9.17) is 0 Å². The molecule has 0 unspecified atom stereocenters. The first-order chi connectivity index (χ1) is 13.6. The molecule has 0 saturated heterocycles. The zero-order valence-electron chi connectivity index (χ0n) is 18.2. The van der Waals surface area contributed by atoms with Gasteiger partial charge in [0.05, 0.1) is 0 Å². The van der Waals surface area contributed by atoms with Crippen molar-refractivity contribution in [2.24, 2.45) is 10.8 Å². The topological polar surface area (TPSA) is 145 Å². The molecule has 0 aliphatic rings. The van der Waals surface area contributed by atoms with Crippen molar-refractivity contribution in [1.29, 1.82) is 0 Å². The van der Waals surface area contributed by atoms with Gasteiger partial charge < -0.3 is 20.1 Å². The lowest BCUT2D eigenvalue weighted by molar-refractivity contribution is -0.148. The van der Waals surface area contributed by atoms with E-state index in [1.807, 2.05) is 41.5 Å². The molecule has 0 aromatic rings. The highest BCUT2D eigenvalue weighted by Gasteiger charge is 2.20. The summed E-state index contributed by atoms with van der Waals surface area (Å²) < 4.78 is 9.12. The number of nitrogens with one attached hydrogen (secondary N) is 2. The van der Waals surface area contributed by atoms with E-state index in [0.717, 1.165) is 0 Å². The van der Waals surface area contributed by atoms with E-state index in [2.05, 4.69) is 20.1 Å². The van der Waals surface area contributed by atoms with Crippen LogP contribution >= 0.6 is 0 Å². The maximum Gasteiger partial charge on any atom is 0.331 e. The molecule has 0 spiro atoms. The van der Waals surface area contributed by atoms with Gasteiger partial charge in [0.1, 0.15) is 0 Å². The van der Waals surface area contributed by atoms with Gasteiger partial charge in [-0.1, -0.05) is 41.5 Å². The minimum absolute atomic E-state index is 0.218. The molecule has 0 rings (SSSR count). The Labute approximate surface area is 175 Å². The summed E-state index contributed by atoms with van der Waals surface area (Å²) in [7, 11) is 0. The second-order valence-electron chi connectivity index (χ2n) is 8.88. The Hall–Kier alpha value is -3.04. The summed E-state index contributed by atoms with van der Waals surface area (Å²) in [5.74, 6) is -5.78. The molecule has 30 heavy (non-hydrogen) atoms. The van der Waals surface area contributed by atoms with Crippen LogP contribution in [0.15, 0.2) is 12.2 Å². The molecule has 2 amide bonds. The van der Waals surface area contributed by atoms with Gasteiger partial charge in [-0.2, -0.15) is 0 Å². The standard InChI is InChI=1S/C20H30N2O8/c1-19(2,3)11-21-17(27)13(23)9-29-15(25)7-8-16(26)30-10-14(24)18(28)22-12-20(4,5)6/h7-8H,9-12H2,1-6H3,(H,21,27)(H,22,28)/b8-7+. The molecule has 0 heterocycles. The van der Waals surface area contributed by atoms with Crippen molar-refractivity contribution in [3.8, 4) is 0 Å². The Kier molecular flexibility index (Phi) is 10.6. The molecular weight excluding hydrogens is 396 g/mol. The minimum atomic E-state index is -1.06. The van der Waals surface area contributed by atoms with Crippen LogP contribution in [-0.2, 0) is 38.2 Å². The predicted octanol–water partition coefficient (Wildman–Crippen LogP) is 0.0918. The third-order valence-corrected chi connectivity index (χ3v) is 3.11. The zero-order valence-corrected chi connectivity index (χ0v) is 18.2. The number of esters is 2. The van der Waals surface area contributed by atoms with Crippen molar-refractivity contribution >= 4 is 35.3 Å². The second kappa shape index (κ2) is 11.8. The van der Waals surface area contributed by atoms with Crippen molar-refractivity contribution in [1.82, 2.24) is 10.6 Å². The smallest absolute Gasteiger partial charge is 0.331 e. The Morgan fingerprint density at radius 1 is 0.633 bits per heavy atom. The number of hydrogen-bond acceptors (Lipinski definition) is 8. The molecule has 10 nitrogen and oxygen atoms in total. The van der Waals surface area contributed by atoms with E-state index in [1.54, 1.807) is 0 Å². The van der Waals surface area contributed by atoms with E-state index in [-0.39, 0.29) is 23.9 Å². The molecule has 0 atom stereocenters. The molecule has 0 aromatic heterocycles. The molecule has 0 saturated carbocycles. The van der Waals surface area contributed by atoms with Gasteiger partial charge in [0.2, 0.25) is 0 Å². The highest BCUT2D eigenvalue weighted by Crippen LogP contribution is 2.10. The monoisotopic (exact) mass is 426 g/mol. The first kappa shape index (κ1) is 27.0. The van der Waals surface area contributed by atoms with E-state index >= 15 is 0 Å². The normalized spacial score (nSPS) is 11.5. The average Bonchev–Trinajstić information content (AvgIpc) is 2.63. The van der Waals surface area contributed by atoms with Crippen LogP contribution in [0.4, 0.5) is 0 Å². The molecule has 0 aliphatic heterocycles. The van der Waals surface area contributed by atoms with Crippen LogP contribution in [-0.4, -0.2) is 61.6 Å². The molecule has 168 valence electrons. The fourth-order valence-corrected chi connectivity index (χ4v) is 1.52. The van der Waals surface area contributed by atoms with E-state index in [0.29, 0.717) is 12.2 Å². The Balaban J connectivity index is 4.25. The van der Waals surface area contributed by atoms with E-state index in [9.17, 15) is 28.8 Å². The van der Waals surface area contributed by atoms with Gasteiger partial charge in [-0.25, -0.2) is 9.59 Å². The third-order valence-electron chi connectivity index (χ3n) is 3.11. The number of ketones is 2. The minimum Gasteiger partial charge on any atom is -0.454 e. The predicted molar refractivity (Wildman–Crippen MR) is 106 cm³/mol. The molecule has 0 bridgehead atoms. The van der Waals surface area contributed by atoms with Crippen molar-refractivity contribution in [2.75, 3.05) is 26.3 Å². The summed E-state index contributed by atoms with van der Waals surface area (Å²) in [6, 6.07) is 0. The number of Topliss-reactive ketones (excluding diaryl/α,β-unsaturated/α-hetero) is 2. The highest BCUT2D eigenvalue weighted by atomic mass is 16.5. The Morgan fingerprint density at radius 2 is 0.933 bits per heavy atom. The largest absolute Gasteiger partial charge is 0.454 e. The molecule has 2 N–H and O–H groups in total. The van der Waals surface area contributed by atoms with E-state index in [1.165, 1.54) is 0 Å². The molecule has 0 radical (unpaired) electrons. The average molecular weight is 426 g/mol. The maximum atomic E-state index is 11.6. The number of ether oxygens (including phenoxy) is 2. The Morgan fingerprint density at radius 3 is 1.20 bits per heavy atom. The quantitative estimate of drug-likeness (QED) is 0.284. The second-order valence-corrected chi connectivity index (χ2v) is 8.88. The Bertz CT molecular complexity index is 651. The lowest BCUT2D eigenvalue weighted by atomic mass is 9.97. The summed E-state index contributed by atoms with van der Waals surface area (Å²) in [5, 5.41) is 4.83. The number of amides is 2. The number of rotatable bonds is 10. The van der Waals surface area contributed by atoms with Gasteiger partial charge in [-0.05, 0) is 10.8 Å². The molecule has 0 aliphatic carbocycles. The summed E-state index contributed by atoms with van der Waals surface area (Å²) in [6.07, 6.45) is 1.35. The van der Waals surface area contributed by atoms with Crippen molar-refractivity contribution in [2.45, 2.75) is 41.5 Å². The zero-order chi connectivity index (χ0) is 23.5. The fraction of sp³-hybridized carbons (Fsp3) is 0.600. The summed E-state index contributed by atoms with van der Waals surface area (Å²) in [4.78, 5) is 69.3. The third kappa shape index (κ3) is 14.0. The van der Waals surface area contributed by atoms with Crippen LogP contribution < -0.4 is 10.6 Å². The van der Waals surface area contributed by atoms with Crippen LogP contribution in [0.5, 0.6) is 0 Å². The van der Waals surface area contributed by atoms with Crippen molar-refractivity contribution in [3.05, 3.63) is 12.2 Å². The molecule has 10 heteroatoms. The summed E-state index contributed by atoms with van der Waals surface area (Å²) >= 11 is 0. The van der Waals surface area contributed by atoms with Gasteiger partial charge in [0, 0.05) is 25.2 Å². The van der Waals surface area contributed by atoms with Crippen LogP contribution in [0.1, 0.15) is 41.5 Å². The van der Waals surface area contributed by atoms with Gasteiger partial charge in [-0.3, -0.25) is 19.2 Å². The van der Waals surface area contributed by atoms with Crippen molar-refractivity contribution < 1.29 is 38.2 Å². The van der Waals surface area contributed by atoms with Gasteiger partial charge in [-0.15, -0.1) is 0 Å². The van der Waals surface area contributed by atoms with Crippen LogP contribution in [0.25, 0.3) is 0 Å². The highest BCUT2D eigenvalue weighted by molar-refractivity contribution is 6.37. The first-order valence-electron chi connectivity index (χ1n) is 9.24.